The van der Waals surface area contributed by atoms with E-state index in [-0.39, 0.29) is 18.9 Å². The van der Waals surface area contributed by atoms with E-state index >= 15 is 0 Å². The number of hydrogen-bond acceptors (Lipinski definition) is 6. The van der Waals surface area contributed by atoms with Crippen LogP contribution in [-0.4, -0.2) is 34.2 Å². The molecule has 0 saturated heterocycles. The number of carbonyl (C=O) groups excluding carboxylic acids is 3. The molecule has 2 heterocycles. The molecule has 0 bridgehead atoms. The molecule has 2 aromatic carbocycles. The smallest absolute Gasteiger partial charge is 0.269 e. The van der Waals surface area contributed by atoms with Crippen LogP contribution < -0.4 is 16.2 Å². The Kier molecular flexibility index (Phi) is 7.06. The predicted molar refractivity (Wildman–Crippen MR) is 123 cm³/mol. The van der Waals surface area contributed by atoms with Gasteiger partial charge in [0.1, 0.15) is 6.26 Å². The third-order valence-corrected chi connectivity index (χ3v) is 5.64. The minimum absolute atomic E-state index is 0.0157. The highest BCUT2D eigenvalue weighted by atomic mass is 32.2. The summed E-state index contributed by atoms with van der Waals surface area (Å²) in [5.74, 6) is -0.487. The molecule has 0 unspecified atom stereocenters. The summed E-state index contributed by atoms with van der Waals surface area (Å²) >= 11 is 1.58. The largest absolute Gasteiger partial charge is 0.472 e. The molecule has 0 aliphatic carbocycles. The number of amides is 3. The highest BCUT2D eigenvalue weighted by molar-refractivity contribution is 7.98. The number of imidazole rings is 1. The van der Waals surface area contributed by atoms with Crippen LogP contribution in [0.5, 0.6) is 0 Å². The quantitative estimate of drug-likeness (QED) is 0.235. The zero-order chi connectivity index (χ0) is 23.0. The second-order valence-corrected chi connectivity index (χ2v) is 8.03. The monoisotopic (exact) mass is 463 g/mol. The Morgan fingerprint density at radius 3 is 2.52 bits per heavy atom. The molecule has 0 aliphatic heterocycles. The molecule has 3 amide bonds. The van der Waals surface area contributed by atoms with Gasteiger partial charge in [-0.15, -0.1) is 0 Å². The van der Waals surface area contributed by atoms with E-state index in [2.05, 4.69) is 26.1 Å². The lowest BCUT2D eigenvalue weighted by atomic mass is 10.1. The van der Waals surface area contributed by atoms with E-state index in [1.54, 1.807) is 23.9 Å². The first-order chi connectivity index (χ1) is 16.1. The maximum absolute atomic E-state index is 12.3. The Balaban J connectivity index is 1.18. The fourth-order valence-electron chi connectivity index (χ4n) is 2.95. The number of fused-ring (bicyclic) bond motifs is 1. The molecule has 0 radical (unpaired) electrons. The van der Waals surface area contributed by atoms with Gasteiger partial charge in [-0.05, 0) is 35.9 Å². The van der Waals surface area contributed by atoms with Crippen LogP contribution in [0.3, 0.4) is 0 Å². The van der Waals surface area contributed by atoms with Crippen molar-refractivity contribution in [2.45, 2.75) is 17.3 Å². The van der Waals surface area contributed by atoms with Crippen molar-refractivity contribution in [3.8, 4) is 0 Å². The lowest BCUT2D eigenvalue weighted by Gasteiger charge is -2.08. The first kappa shape index (κ1) is 22.2. The van der Waals surface area contributed by atoms with Crippen LogP contribution in [0.25, 0.3) is 11.0 Å². The van der Waals surface area contributed by atoms with Gasteiger partial charge in [0, 0.05) is 24.3 Å². The third-order valence-electron chi connectivity index (χ3n) is 4.70. The zero-order valence-corrected chi connectivity index (χ0v) is 18.3. The van der Waals surface area contributed by atoms with E-state index in [0.717, 1.165) is 21.8 Å². The summed E-state index contributed by atoms with van der Waals surface area (Å²) in [6.07, 6.45) is 2.73. The molecule has 0 saturated carbocycles. The van der Waals surface area contributed by atoms with Crippen molar-refractivity contribution in [3.63, 3.8) is 0 Å². The molecule has 0 aliphatic rings. The Hall–Kier alpha value is -4.05. The molecule has 0 spiro atoms. The summed E-state index contributed by atoms with van der Waals surface area (Å²) in [5, 5.41) is 3.43. The number of hydrazine groups is 1. The standard InChI is InChI=1S/C23H21N5O4S/c29-20(9-11-24-21(30)17-10-12-32-13-17)27-28-22(31)16-7-5-15(6-8-16)14-33-23-25-18-3-1-2-4-19(18)26-23/h1-8,10,12-13H,9,11,14H2,(H,24,30)(H,25,26)(H,27,29)(H,28,31). The number of carbonyl (C=O) groups is 3. The molecule has 10 heteroatoms. The highest BCUT2D eigenvalue weighted by Gasteiger charge is 2.10. The zero-order valence-electron chi connectivity index (χ0n) is 17.5. The van der Waals surface area contributed by atoms with Crippen molar-refractivity contribution in [3.05, 3.63) is 83.8 Å². The number of para-hydroxylation sites is 2. The summed E-state index contributed by atoms with van der Waals surface area (Å²) < 4.78 is 4.83. The Morgan fingerprint density at radius 1 is 0.939 bits per heavy atom. The van der Waals surface area contributed by atoms with Crippen molar-refractivity contribution in [1.29, 1.82) is 0 Å². The molecule has 0 fully saturated rings. The van der Waals surface area contributed by atoms with E-state index in [1.807, 2.05) is 36.4 Å². The number of hydrogen-bond donors (Lipinski definition) is 4. The molecule has 0 atom stereocenters. The van der Waals surface area contributed by atoms with E-state index in [9.17, 15) is 14.4 Å². The van der Waals surface area contributed by atoms with E-state index in [1.165, 1.54) is 18.6 Å². The van der Waals surface area contributed by atoms with Crippen LogP contribution in [0, 0.1) is 0 Å². The van der Waals surface area contributed by atoms with Gasteiger partial charge < -0.3 is 14.7 Å². The summed E-state index contributed by atoms with van der Waals surface area (Å²) in [5.41, 5.74) is 8.46. The van der Waals surface area contributed by atoms with Gasteiger partial charge in [0.15, 0.2) is 5.16 Å². The first-order valence-electron chi connectivity index (χ1n) is 10.1. The molecular formula is C23H21N5O4S. The minimum atomic E-state index is -0.428. The van der Waals surface area contributed by atoms with Crippen molar-refractivity contribution >= 4 is 40.5 Å². The van der Waals surface area contributed by atoms with Gasteiger partial charge in [-0.2, -0.15) is 0 Å². The van der Waals surface area contributed by atoms with Crippen LogP contribution in [0.1, 0.15) is 32.7 Å². The fraction of sp³-hybridized carbons (Fsp3) is 0.130. The van der Waals surface area contributed by atoms with E-state index < -0.39 is 11.8 Å². The molecule has 168 valence electrons. The lowest BCUT2D eigenvalue weighted by Crippen LogP contribution is -2.42. The van der Waals surface area contributed by atoms with Crippen LogP contribution in [0.15, 0.2) is 76.7 Å². The summed E-state index contributed by atoms with van der Waals surface area (Å²) in [6, 6.07) is 16.5. The van der Waals surface area contributed by atoms with Gasteiger partial charge >= 0.3 is 0 Å². The average molecular weight is 464 g/mol. The number of H-pyrrole nitrogens is 1. The number of benzene rings is 2. The van der Waals surface area contributed by atoms with Gasteiger partial charge in [-0.1, -0.05) is 36.0 Å². The molecular weight excluding hydrogens is 442 g/mol. The van der Waals surface area contributed by atoms with E-state index in [4.69, 9.17) is 4.42 Å². The summed E-state index contributed by atoms with van der Waals surface area (Å²) in [4.78, 5) is 43.7. The number of aromatic amines is 1. The molecule has 2 aromatic heterocycles. The van der Waals surface area contributed by atoms with Gasteiger partial charge in [0.2, 0.25) is 5.91 Å². The van der Waals surface area contributed by atoms with Crippen molar-refractivity contribution in [2.75, 3.05) is 6.54 Å². The van der Waals surface area contributed by atoms with Crippen LogP contribution in [0.4, 0.5) is 0 Å². The Labute approximate surface area is 193 Å². The average Bonchev–Trinajstić information content (AvgIpc) is 3.51. The fourth-order valence-corrected chi connectivity index (χ4v) is 3.79. The number of rotatable bonds is 8. The van der Waals surface area contributed by atoms with Gasteiger partial charge in [0.05, 0.1) is 22.9 Å². The first-order valence-corrected chi connectivity index (χ1v) is 11.1. The number of nitrogens with zero attached hydrogens (tertiary/aromatic N) is 1. The normalized spacial score (nSPS) is 10.7. The van der Waals surface area contributed by atoms with Crippen molar-refractivity contribution in [1.82, 2.24) is 26.1 Å². The van der Waals surface area contributed by atoms with E-state index in [0.29, 0.717) is 16.9 Å². The Bertz CT molecular complexity index is 1220. The van der Waals surface area contributed by atoms with Gasteiger partial charge in [0.25, 0.3) is 11.8 Å². The summed E-state index contributed by atoms with van der Waals surface area (Å²) in [7, 11) is 0. The SMILES string of the molecule is O=C(CCNC(=O)c1ccoc1)NNC(=O)c1ccc(CSc2nc3ccccc3[nH]2)cc1. The maximum Gasteiger partial charge on any atom is 0.269 e. The summed E-state index contributed by atoms with van der Waals surface area (Å²) in [6.45, 7) is 0.128. The third kappa shape index (κ3) is 6.01. The number of furan rings is 1. The van der Waals surface area contributed by atoms with Crippen molar-refractivity contribution in [2.24, 2.45) is 0 Å². The topological polar surface area (TPSA) is 129 Å². The minimum Gasteiger partial charge on any atom is -0.472 e. The molecule has 33 heavy (non-hydrogen) atoms. The van der Waals surface area contributed by atoms with Crippen molar-refractivity contribution < 1.29 is 18.8 Å². The predicted octanol–water partition coefficient (Wildman–Crippen LogP) is 3.03. The molecule has 9 nitrogen and oxygen atoms in total. The maximum atomic E-state index is 12.3. The Morgan fingerprint density at radius 2 is 1.76 bits per heavy atom. The van der Waals surface area contributed by atoms with Crippen LogP contribution in [-0.2, 0) is 10.5 Å². The lowest BCUT2D eigenvalue weighted by molar-refractivity contribution is -0.121. The second-order valence-electron chi connectivity index (χ2n) is 7.06. The van der Waals surface area contributed by atoms with Crippen LogP contribution >= 0.6 is 11.8 Å². The number of aromatic nitrogens is 2. The van der Waals surface area contributed by atoms with Gasteiger partial charge in [-0.25, -0.2) is 4.98 Å². The van der Waals surface area contributed by atoms with Gasteiger partial charge in [-0.3, -0.25) is 25.2 Å². The molecule has 4 aromatic rings. The molecule has 4 rings (SSSR count). The highest BCUT2D eigenvalue weighted by Crippen LogP contribution is 2.23. The second kappa shape index (κ2) is 10.5. The number of nitrogens with one attached hydrogen (secondary N) is 4. The number of thioether (sulfide) groups is 1. The molecule has 4 N–H and O–H groups in total. The van der Waals surface area contributed by atoms with Crippen LogP contribution in [0.2, 0.25) is 0 Å².